The number of aromatic nitrogens is 1. The molecule has 3 rings (SSSR count). The second-order valence-corrected chi connectivity index (χ2v) is 9.28. The molecule has 0 spiro atoms. The van der Waals surface area contributed by atoms with Crippen molar-refractivity contribution in [1.82, 2.24) is 4.98 Å². The number of sulfone groups is 1. The van der Waals surface area contributed by atoms with Gasteiger partial charge < -0.3 is 4.42 Å². The van der Waals surface area contributed by atoms with Gasteiger partial charge in [0.25, 0.3) is 0 Å². The molecule has 0 saturated carbocycles. The second kappa shape index (κ2) is 8.76. The maximum Gasteiger partial charge on any atom is 0.228 e. The number of thioether (sulfide) groups is 1. The Morgan fingerprint density at radius 2 is 1.70 bits per heavy atom. The third-order valence-corrected chi connectivity index (χ3v) is 6.99. The molecular weight excluding hydrogens is 378 g/mol. The minimum absolute atomic E-state index is 0.00535. The van der Waals surface area contributed by atoms with E-state index in [0.717, 1.165) is 36.1 Å². The lowest BCUT2D eigenvalue weighted by Gasteiger charge is -2.03. The minimum Gasteiger partial charge on any atom is -0.428 e. The Morgan fingerprint density at radius 3 is 2.37 bits per heavy atom. The first-order valence-corrected chi connectivity index (χ1v) is 11.5. The van der Waals surface area contributed by atoms with Crippen LogP contribution < -0.4 is 0 Å². The van der Waals surface area contributed by atoms with Crippen molar-refractivity contribution in [2.75, 3.05) is 5.75 Å². The van der Waals surface area contributed by atoms with Gasteiger partial charge in [-0.25, -0.2) is 8.42 Å². The molecule has 0 aliphatic heterocycles. The third kappa shape index (κ3) is 4.62. The molecule has 27 heavy (non-hydrogen) atoms. The molecule has 0 N–H and O–H groups in total. The summed E-state index contributed by atoms with van der Waals surface area (Å²) < 4.78 is 32.1. The lowest BCUT2D eigenvalue weighted by molar-refractivity contribution is 0.470. The monoisotopic (exact) mass is 401 g/mol. The lowest BCUT2D eigenvalue weighted by atomic mass is 10.1. The summed E-state index contributed by atoms with van der Waals surface area (Å²) in [5.74, 6) is 1.13. The summed E-state index contributed by atoms with van der Waals surface area (Å²) in [6, 6.07) is 16.1. The summed E-state index contributed by atoms with van der Waals surface area (Å²) in [6.07, 6.45) is 3.22. The highest BCUT2D eigenvalue weighted by Crippen LogP contribution is 2.35. The summed E-state index contributed by atoms with van der Waals surface area (Å²) >= 11 is 1.42. The predicted molar refractivity (Wildman–Crippen MR) is 109 cm³/mol. The molecule has 0 amide bonds. The molecule has 0 aliphatic rings. The average molecular weight is 402 g/mol. The van der Waals surface area contributed by atoms with Gasteiger partial charge in [-0.3, -0.25) is 0 Å². The molecule has 2 aromatic carbocycles. The zero-order chi connectivity index (χ0) is 19.3. The van der Waals surface area contributed by atoms with Gasteiger partial charge in [-0.2, -0.15) is 4.98 Å². The van der Waals surface area contributed by atoms with Crippen LogP contribution in [0.25, 0.3) is 11.5 Å². The van der Waals surface area contributed by atoms with E-state index in [1.54, 1.807) is 30.3 Å². The number of unbranched alkanes of at least 4 members (excludes halogenated alkanes) is 2. The summed E-state index contributed by atoms with van der Waals surface area (Å²) in [7, 11) is -3.73. The maximum absolute atomic E-state index is 13.1. The van der Waals surface area contributed by atoms with Crippen molar-refractivity contribution in [2.24, 2.45) is 0 Å². The summed E-state index contributed by atoms with van der Waals surface area (Å²) in [5, 5.41) is 0.372. The highest BCUT2D eigenvalue weighted by atomic mass is 32.2. The number of aryl methyl sites for hydroxylation is 1. The number of oxazole rings is 1. The zero-order valence-corrected chi connectivity index (χ0v) is 17.1. The first kappa shape index (κ1) is 19.7. The molecule has 0 saturated heterocycles. The van der Waals surface area contributed by atoms with E-state index in [-0.39, 0.29) is 9.92 Å². The van der Waals surface area contributed by atoms with Crippen LogP contribution in [0, 0.1) is 6.92 Å². The Kier molecular flexibility index (Phi) is 6.39. The number of hydrogen-bond acceptors (Lipinski definition) is 5. The highest BCUT2D eigenvalue weighted by Gasteiger charge is 2.28. The van der Waals surface area contributed by atoms with Gasteiger partial charge in [-0.15, -0.1) is 0 Å². The number of hydrogen-bond donors (Lipinski definition) is 0. The number of rotatable bonds is 8. The van der Waals surface area contributed by atoms with Gasteiger partial charge in [0, 0.05) is 11.3 Å². The first-order valence-electron chi connectivity index (χ1n) is 9.03. The smallest absolute Gasteiger partial charge is 0.228 e. The standard InChI is InChI=1S/C21H23NO3S2/c1-3-4-8-15-26-21-20(27(23,24)18-9-6-5-7-10-18)22-19(25-21)17-13-11-16(2)12-14-17/h5-7,9-14H,3-4,8,15H2,1-2H3. The molecule has 1 heterocycles. The van der Waals surface area contributed by atoms with Crippen molar-refractivity contribution in [2.45, 2.75) is 48.1 Å². The van der Waals surface area contributed by atoms with Gasteiger partial charge in [0.2, 0.25) is 25.8 Å². The van der Waals surface area contributed by atoms with Crippen LogP contribution in [0.4, 0.5) is 0 Å². The van der Waals surface area contributed by atoms with Gasteiger partial charge >= 0.3 is 0 Å². The van der Waals surface area contributed by atoms with Crippen LogP contribution in [0.15, 0.2) is 74.0 Å². The van der Waals surface area contributed by atoms with Crippen LogP contribution in [0.1, 0.15) is 31.7 Å². The summed E-state index contributed by atoms with van der Waals surface area (Å²) in [6.45, 7) is 4.14. The summed E-state index contributed by atoms with van der Waals surface area (Å²) in [5.41, 5.74) is 1.89. The average Bonchev–Trinajstić information content (AvgIpc) is 3.11. The Balaban J connectivity index is 2.01. The first-order chi connectivity index (χ1) is 13.0. The molecule has 4 nitrogen and oxygen atoms in total. The fourth-order valence-corrected chi connectivity index (χ4v) is 5.15. The number of benzene rings is 2. The molecule has 0 bridgehead atoms. The number of nitrogens with zero attached hydrogens (tertiary/aromatic N) is 1. The normalized spacial score (nSPS) is 11.6. The molecule has 3 aromatic rings. The Hall–Kier alpha value is -2.05. The molecule has 6 heteroatoms. The maximum atomic E-state index is 13.1. The molecule has 1 aromatic heterocycles. The van der Waals surface area contributed by atoms with E-state index in [9.17, 15) is 8.42 Å². The van der Waals surface area contributed by atoms with Gasteiger partial charge in [-0.1, -0.05) is 67.4 Å². The van der Waals surface area contributed by atoms with Crippen LogP contribution in [0.3, 0.4) is 0 Å². The van der Waals surface area contributed by atoms with E-state index in [2.05, 4.69) is 11.9 Å². The van der Waals surface area contributed by atoms with Gasteiger partial charge in [0.05, 0.1) is 4.90 Å². The fourth-order valence-electron chi connectivity index (χ4n) is 2.60. The molecular formula is C21H23NO3S2. The molecule has 0 fully saturated rings. The molecule has 0 atom stereocenters. The minimum atomic E-state index is -3.73. The van der Waals surface area contributed by atoms with Crippen LogP contribution in [0.2, 0.25) is 0 Å². The van der Waals surface area contributed by atoms with Gasteiger partial charge in [0.1, 0.15) is 0 Å². The molecule has 142 valence electrons. The van der Waals surface area contributed by atoms with E-state index in [4.69, 9.17) is 4.42 Å². The topological polar surface area (TPSA) is 60.2 Å². The molecule has 0 aliphatic carbocycles. The van der Waals surface area contributed by atoms with E-state index in [0.29, 0.717) is 11.0 Å². The van der Waals surface area contributed by atoms with E-state index in [1.807, 2.05) is 31.2 Å². The van der Waals surface area contributed by atoms with Crippen molar-refractivity contribution < 1.29 is 12.8 Å². The van der Waals surface area contributed by atoms with Crippen molar-refractivity contribution >= 4 is 21.6 Å². The Labute approximate surface area is 164 Å². The van der Waals surface area contributed by atoms with Gasteiger partial charge in [-0.05, 0) is 37.6 Å². The Bertz CT molecular complexity index is 978. The molecule has 0 radical (unpaired) electrons. The van der Waals surface area contributed by atoms with Crippen LogP contribution in [-0.4, -0.2) is 19.2 Å². The van der Waals surface area contributed by atoms with E-state index >= 15 is 0 Å². The van der Waals surface area contributed by atoms with E-state index < -0.39 is 9.84 Å². The highest BCUT2D eigenvalue weighted by molar-refractivity contribution is 8.00. The van der Waals surface area contributed by atoms with Crippen molar-refractivity contribution in [3.8, 4) is 11.5 Å². The van der Waals surface area contributed by atoms with Crippen molar-refractivity contribution in [3.05, 3.63) is 60.2 Å². The Morgan fingerprint density at radius 1 is 1.00 bits per heavy atom. The second-order valence-electron chi connectivity index (χ2n) is 6.35. The zero-order valence-electron chi connectivity index (χ0n) is 15.5. The lowest BCUT2D eigenvalue weighted by Crippen LogP contribution is -2.03. The van der Waals surface area contributed by atoms with Crippen LogP contribution in [-0.2, 0) is 9.84 Å². The molecule has 0 unspecified atom stereocenters. The van der Waals surface area contributed by atoms with Gasteiger partial charge in [0.15, 0.2) is 0 Å². The van der Waals surface area contributed by atoms with Crippen LogP contribution >= 0.6 is 11.8 Å². The summed E-state index contributed by atoms with van der Waals surface area (Å²) in [4.78, 5) is 4.61. The third-order valence-electron chi connectivity index (χ3n) is 4.15. The quantitative estimate of drug-likeness (QED) is 0.354. The van der Waals surface area contributed by atoms with E-state index in [1.165, 1.54) is 11.8 Å². The van der Waals surface area contributed by atoms with Crippen LogP contribution in [0.5, 0.6) is 0 Å². The largest absolute Gasteiger partial charge is 0.428 e. The SMILES string of the molecule is CCCCCSc1oc(-c2ccc(C)cc2)nc1S(=O)(=O)c1ccccc1. The van der Waals surface area contributed by atoms with Crippen molar-refractivity contribution in [1.29, 1.82) is 0 Å². The van der Waals surface area contributed by atoms with Crippen molar-refractivity contribution in [3.63, 3.8) is 0 Å². The fraction of sp³-hybridized carbons (Fsp3) is 0.286. The predicted octanol–water partition coefficient (Wildman–Crippen LogP) is 5.77.